The van der Waals surface area contributed by atoms with Crippen LogP contribution < -0.4 is 11.2 Å². The van der Waals surface area contributed by atoms with Crippen LogP contribution in [0.3, 0.4) is 0 Å². The third-order valence-electron chi connectivity index (χ3n) is 5.32. The van der Waals surface area contributed by atoms with E-state index < -0.39 is 103 Å². The van der Waals surface area contributed by atoms with Crippen molar-refractivity contribution < 1.29 is 76.5 Å². The molecular formula is C15H25N2O18P3. The SMILES string of the molecule is O=c1ccn([C@@H]2O[C@H](COP(=O)(O)OP(=O)(O)OP(=O)(O)C[C@H]3OC[C@@H](O)[C@H](O)[C@H]3O)[C@@H](O)[C@H]2O)c(=O)[nH]1. The van der Waals surface area contributed by atoms with Crippen molar-refractivity contribution in [2.75, 3.05) is 19.4 Å². The molecule has 3 heterocycles. The second kappa shape index (κ2) is 11.8. The Hall–Kier alpha value is -1.15. The molecule has 0 saturated carbocycles. The minimum atomic E-state index is -5.84. The molecule has 9 N–H and O–H groups in total. The summed E-state index contributed by atoms with van der Waals surface area (Å²) in [6.45, 7) is -1.64. The highest BCUT2D eigenvalue weighted by Gasteiger charge is 2.48. The number of H-pyrrole nitrogens is 1. The van der Waals surface area contributed by atoms with Crippen LogP contribution in [0.2, 0.25) is 0 Å². The molecule has 2 fully saturated rings. The summed E-state index contributed by atoms with van der Waals surface area (Å²) in [5, 5.41) is 49.1. The number of phosphoric ester groups is 1. The molecule has 2 aliphatic rings. The van der Waals surface area contributed by atoms with Crippen LogP contribution in [0.25, 0.3) is 0 Å². The maximum atomic E-state index is 12.2. The van der Waals surface area contributed by atoms with Gasteiger partial charge >= 0.3 is 28.9 Å². The standard InChI is InChI=1S/C15H25N2O18P3/c18-6-3-31-8(12(22)10(6)20)5-36(25,26)34-38(29,30)35-37(27,28)32-4-7-11(21)13(23)14(33-7)17-2-1-9(19)16-15(17)24/h1-2,6-8,10-14,18,20-23H,3-5H2,(H,25,26)(H,27,28)(H,29,30)(H,16,19,24)/t6-,7-,8-,10+,11-,12+,13-,14-/m1/s1. The van der Waals surface area contributed by atoms with Gasteiger partial charge in [-0.2, -0.15) is 4.31 Å². The largest absolute Gasteiger partial charge is 0.488 e. The van der Waals surface area contributed by atoms with Crippen LogP contribution in [0, 0.1) is 0 Å². The molecule has 23 heteroatoms. The van der Waals surface area contributed by atoms with Gasteiger partial charge in [-0.3, -0.25) is 23.4 Å². The normalized spacial score (nSPS) is 36.7. The molecule has 0 bridgehead atoms. The first-order valence-corrected chi connectivity index (χ1v) is 15.2. The number of rotatable bonds is 10. The highest BCUT2D eigenvalue weighted by atomic mass is 31.3. The second-order valence-corrected chi connectivity index (χ2v) is 13.3. The number of ether oxygens (including phenoxy) is 2. The van der Waals surface area contributed by atoms with Gasteiger partial charge in [0, 0.05) is 12.3 Å². The van der Waals surface area contributed by atoms with E-state index in [1.165, 1.54) is 0 Å². The molecule has 38 heavy (non-hydrogen) atoms. The van der Waals surface area contributed by atoms with E-state index in [0.717, 1.165) is 12.3 Å². The van der Waals surface area contributed by atoms with Crippen molar-refractivity contribution >= 4 is 23.2 Å². The molecule has 0 amide bonds. The average molecular weight is 614 g/mol. The number of hydrogen-bond acceptors (Lipinski definition) is 15. The fourth-order valence-corrected chi connectivity index (χ4v) is 7.80. The van der Waals surface area contributed by atoms with E-state index in [0.29, 0.717) is 4.57 Å². The molecule has 0 spiro atoms. The fraction of sp³-hybridized carbons (Fsp3) is 0.733. The molecule has 0 radical (unpaired) electrons. The Labute approximate surface area is 211 Å². The Morgan fingerprint density at radius 2 is 1.55 bits per heavy atom. The predicted octanol–water partition coefficient (Wildman–Crippen LogP) is -3.93. The minimum absolute atomic E-state index is 0.558. The molecule has 0 aromatic carbocycles. The fourth-order valence-electron chi connectivity index (χ4n) is 3.51. The summed E-state index contributed by atoms with van der Waals surface area (Å²) in [5.74, 6) is 0. The highest BCUT2D eigenvalue weighted by molar-refractivity contribution is 7.68. The van der Waals surface area contributed by atoms with Gasteiger partial charge in [0.25, 0.3) is 5.56 Å². The number of aromatic nitrogens is 2. The lowest BCUT2D eigenvalue weighted by atomic mass is 10.0. The maximum absolute atomic E-state index is 12.2. The quantitative estimate of drug-likeness (QED) is 0.114. The van der Waals surface area contributed by atoms with Crippen molar-refractivity contribution in [1.29, 1.82) is 0 Å². The second-order valence-electron chi connectivity index (χ2n) is 8.20. The Balaban J connectivity index is 1.58. The summed E-state index contributed by atoms with van der Waals surface area (Å²) in [7, 11) is -16.7. The monoisotopic (exact) mass is 614 g/mol. The molecule has 1 aromatic rings. The van der Waals surface area contributed by atoms with Crippen molar-refractivity contribution in [3.05, 3.63) is 33.1 Å². The van der Waals surface area contributed by atoms with E-state index in [9.17, 15) is 63.5 Å². The lowest BCUT2D eigenvalue weighted by Crippen LogP contribution is -2.53. The van der Waals surface area contributed by atoms with Crippen LogP contribution in [0.5, 0.6) is 0 Å². The van der Waals surface area contributed by atoms with Crippen molar-refractivity contribution in [2.45, 2.75) is 49.0 Å². The van der Waals surface area contributed by atoms with Gasteiger partial charge in [0.1, 0.15) is 36.6 Å². The molecule has 11 atom stereocenters. The van der Waals surface area contributed by atoms with Crippen LogP contribution in [-0.2, 0) is 36.3 Å². The molecule has 3 rings (SSSR count). The number of nitrogens with one attached hydrogen (secondary N) is 1. The smallest absolute Gasteiger partial charge is 0.388 e. The average Bonchev–Trinajstić information content (AvgIpc) is 3.05. The summed E-state index contributed by atoms with van der Waals surface area (Å²) >= 11 is 0. The van der Waals surface area contributed by atoms with Gasteiger partial charge < -0.3 is 49.7 Å². The van der Waals surface area contributed by atoms with E-state index in [-0.39, 0.29) is 0 Å². The summed E-state index contributed by atoms with van der Waals surface area (Å²) < 4.78 is 59.7. The van der Waals surface area contributed by atoms with Crippen LogP contribution >= 0.6 is 23.2 Å². The predicted molar refractivity (Wildman–Crippen MR) is 117 cm³/mol. The minimum Gasteiger partial charge on any atom is -0.388 e. The lowest BCUT2D eigenvalue weighted by Gasteiger charge is -2.35. The van der Waals surface area contributed by atoms with Gasteiger partial charge in [0.05, 0.1) is 25.5 Å². The molecule has 20 nitrogen and oxygen atoms in total. The van der Waals surface area contributed by atoms with E-state index in [1.54, 1.807) is 0 Å². The zero-order chi connectivity index (χ0) is 28.6. The van der Waals surface area contributed by atoms with E-state index in [1.807, 2.05) is 4.98 Å². The molecule has 1 aromatic heterocycles. The zero-order valence-corrected chi connectivity index (χ0v) is 21.5. The maximum Gasteiger partial charge on any atom is 0.488 e. The Bertz CT molecular complexity index is 1250. The zero-order valence-electron chi connectivity index (χ0n) is 18.8. The van der Waals surface area contributed by atoms with Crippen LogP contribution in [0.4, 0.5) is 0 Å². The molecule has 0 aliphatic carbocycles. The van der Waals surface area contributed by atoms with Gasteiger partial charge in [0.2, 0.25) is 0 Å². The number of aliphatic hydroxyl groups is 5. The summed E-state index contributed by atoms with van der Waals surface area (Å²) in [6.07, 6.45) is -13.9. The van der Waals surface area contributed by atoms with Crippen LogP contribution in [0.15, 0.2) is 21.9 Å². The highest BCUT2D eigenvalue weighted by Crippen LogP contribution is 2.67. The number of aromatic amines is 1. The first kappa shape index (κ1) is 31.4. The van der Waals surface area contributed by atoms with Gasteiger partial charge in [-0.1, -0.05) is 0 Å². The van der Waals surface area contributed by atoms with E-state index >= 15 is 0 Å². The van der Waals surface area contributed by atoms with E-state index in [2.05, 4.69) is 13.1 Å². The number of nitrogens with zero attached hydrogens (tertiary/aromatic N) is 1. The van der Waals surface area contributed by atoms with Gasteiger partial charge in [-0.05, 0) is 0 Å². The first-order valence-electron chi connectivity index (χ1n) is 10.4. The lowest BCUT2D eigenvalue weighted by molar-refractivity contribution is -0.180. The number of hydrogen-bond donors (Lipinski definition) is 9. The van der Waals surface area contributed by atoms with Crippen LogP contribution in [0.1, 0.15) is 6.23 Å². The Kier molecular flexibility index (Phi) is 9.71. The molecular weight excluding hydrogens is 589 g/mol. The third-order valence-corrected chi connectivity index (χ3v) is 10.1. The van der Waals surface area contributed by atoms with E-state index in [4.69, 9.17) is 9.47 Å². The summed E-state index contributed by atoms with van der Waals surface area (Å²) in [6, 6.07) is 0.911. The van der Waals surface area contributed by atoms with Crippen molar-refractivity contribution in [3.63, 3.8) is 0 Å². The number of phosphoric acid groups is 2. The topological polar surface area (TPSA) is 314 Å². The van der Waals surface area contributed by atoms with Gasteiger partial charge in [-0.25, -0.2) is 18.2 Å². The third kappa shape index (κ3) is 7.74. The molecule has 2 aliphatic heterocycles. The summed E-state index contributed by atoms with van der Waals surface area (Å²) in [5.41, 5.74) is -1.78. The Morgan fingerprint density at radius 3 is 2.18 bits per heavy atom. The van der Waals surface area contributed by atoms with Crippen molar-refractivity contribution in [3.8, 4) is 0 Å². The number of aliphatic hydroxyl groups excluding tert-OH is 5. The Morgan fingerprint density at radius 1 is 0.921 bits per heavy atom. The van der Waals surface area contributed by atoms with Gasteiger partial charge in [-0.15, -0.1) is 0 Å². The molecule has 3 unspecified atom stereocenters. The van der Waals surface area contributed by atoms with Gasteiger partial charge in [0.15, 0.2) is 6.23 Å². The van der Waals surface area contributed by atoms with Crippen molar-refractivity contribution in [1.82, 2.24) is 9.55 Å². The van der Waals surface area contributed by atoms with Crippen molar-refractivity contribution in [2.24, 2.45) is 0 Å². The molecule has 2 saturated heterocycles. The first-order chi connectivity index (χ1) is 17.4. The molecule has 218 valence electrons. The summed E-state index contributed by atoms with van der Waals surface area (Å²) in [4.78, 5) is 54.2. The van der Waals surface area contributed by atoms with Crippen LogP contribution in [-0.4, -0.2) is 112 Å².